The van der Waals surface area contributed by atoms with Crippen molar-refractivity contribution >= 4 is 5.82 Å². The van der Waals surface area contributed by atoms with Crippen molar-refractivity contribution in [1.29, 1.82) is 0 Å². The number of anilines is 1. The number of rotatable bonds is 6. The molecule has 0 aliphatic heterocycles. The summed E-state index contributed by atoms with van der Waals surface area (Å²) in [7, 11) is 0. The Balaban J connectivity index is 2.14. The van der Waals surface area contributed by atoms with Crippen molar-refractivity contribution in [2.24, 2.45) is 5.92 Å². The van der Waals surface area contributed by atoms with Crippen LogP contribution in [0.1, 0.15) is 32.8 Å². The van der Waals surface area contributed by atoms with E-state index in [1.807, 2.05) is 12.1 Å². The molecule has 0 spiro atoms. The molecule has 0 atom stereocenters. The van der Waals surface area contributed by atoms with Gasteiger partial charge in [0, 0.05) is 12.1 Å². The Hall–Kier alpha value is -1.90. The van der Waals surface area contributed by atoms with Crippen LogP contribution in [0.4, 0.5) is 5.82 Å². The Bertz CT molecular complexity index is 532. The van der Waals surface area contributed by atoms with Gasteiger partial charge in [-0.25, -0.2) is 0 Å². The molecule has 0 fully saturated rings. The second-order valence-electron chi connectivity index (χ2n) is 5.53. The second-order valence-corrected chi connectivity index (χ2v) is 5.53. The zero-order valence-electron chi connectivity index (χ0n) is 12.6. The van der Waals surface area contributed by atoms with Gasteiger partial charge in [0.25, 0.3) is 0 Å². The second kappa shape index (κ2) is 7.04. The van der Waals surface area contributed by atoms with Gasteiger partial charge in [0.05, 0.1) is 5.69 Å². The summed E-state index contributed by atoms with van der Waals surface area (Å²) in [6.07, 6.45) is 2.18. The third-order valence-corrected chi connectivity index (χ3v) is 3.09. The fourth-order valence-electron chi connectivity index (χ4n) is 2.16. The largest absolute Gasteiger partial charge is 0.369 e. The van der Waals surface area contributed by atoms with Crippen LogP contribution < -0.4 is 5.32 Å². The summed E-state index contributed by atoms with van der Waals surface area (Å²) in [6.45, 7) is 7.54. The van der Waals surface area contributed by atoms with Crippen molar-refractivity contribution in [2.45, 2.75) is 33.6 Å². The summed E-state index contributed by atoms with van der Waals surface area (Å²) in [6, 6.07) is 12.6. The third kappa shape index (κ3) is 4.05. The summed E-state index contributed by atoms with van der Waals surface area (Å²) in [4.78, 5) is 0. The first-order valence-electron chi connectivity index (χ1n) is 7.36. The van der Waals surface area contributed by atoms with Crippen LogP contribution in [0.15, 0.2) is 36.4 Å². The molecule has 3 heteroatoms. The molecule has 1 aromatic heterocycles. The van der Waals surface area contributed by atoms with E-state index in [9.17, 15) is 0 Å². The summed E-state index contributed by atoms with van der Waals surface area (Å²) < 4.78 is 0. The fraction of sp³-hybridized carbons (Fsp3) is 0.412. The van der Waals surface area contributed by atoms with E-state index in [-0.39, 0.29) is 0 Å². The van der Waals surface area contributed by atoms with E-state index in [4.69, 9.17) is 0 Å². The molecule has 0 bridgehead atoms. The van der Waals surface area contributed by atoms with Crippen LogP contribution in [0.3, 0.4) is 0 Å². The molecule has 106 valence electrons. The highest BCUT2D eigenvalue weighted by molar-refractivity contribution is 5.60. The van der Waals surface area contributed by atoms with Gasteiger partial charge in [-0.1, -0.05) is 39.0 Å². The number of benzene rings is 1. The van der Waals surface area contributed by atoms with Gasteiger partial charge in [-0.3, -0.25) is 0 Å². The molecule has 1 aromatic carbocycles. The van der Waals surface area contributed by atoms with E-state index in [0.29, 0.717) is 5.92 Å². The van der Waals surface area contributed by atoms with Gasteiger partial charge >= 0.3 is 0 Å². The van der Waals surface area contributed by atoms with Crippen molar-refractivity contribution in [2.75, 3.05) is 11.9 Å². The van der Waals surface area contributed by atoms with Crippen LogP contribution in [-0.2, 0) is 6.42 Å². The van der Waals surface area contributed by atoms with Gasteiger partial charge in [-0.05, 0) is 42.5 Å². The van der Waals surface area contributed by atoms with Crippen LogP contribution in [0.5, 0.6) is 0 Å². The van der Waals surface area contributed by atoms with Crippen LogP contribution in [-0.4, -0.2) is 16.7 Å². The summed E-state index contributed by atoms with van der Waals surface area (Å²) in [5.41, 5.74) is 3.42. The summed E-state index contributed by atoms with van der Waals surface area (Å²) in [5.74, 6) is 1.51. The fourth-order valence-corrected chi connectivity index (χ4v) is 2.16. The van der Waals surface area contributed by atoms with Crippen molar-refractivity contribution in [1.82, 2.24) is 10.2 Å². The van der Waals surface area contributed by atoms with Gasteiger partial charge in [-0.2, -0.15) is 0 Å². The quantitative estimate of drug-likeness (QED) is 0.855. The first kappa shape index (κ1) is 14.5. The number of hydrogen-bond acceptors (Lipinski definition) is 3. The zero-order chi connectivity index (χ0) is 14.4. The molecule has 0 aliphatic carbocycles. The molecule has 0 aliphatic rings. The average Bonchev–Trinajstić information content (AvgIpc) is 2.45. The third-order valence-electron chi connectivity index (χ3n) is 3.09. The molecule has 0 saturated heterocycles. The summed E-state index contributed by atoms with van der Waals surface area (Å²) >= 11 is 0. The Kier molecular flexibility index (Phi) is 5.10. The van der Waals surface area contributed by atoms with Crippen molar-refractivity contribution in [3.05, 3.63) is 42.0 Å². The van der Waals surface area contributed by atoms with E-state index < -0.39 is 0 Å². The highest BCUT2D eigenvalue weighted by atomic mass is 15.2. The molecule has 0 amide bonds. The maximum absolute atomic E-state index is 4.31. The smallest absolute Gasteiger partial charge is 0.148 e. The molecule has 0 unspecified atom stereocenters. The number of hydrogen-bond donors (Lipinski definition) is 1. The SMILES string of the molecule is CCCNc1ccc(-c2cccc(CC(C)C)c2)nn1. The molecule has 2 rings (SSSR count). The van der Waals surface area contributed by atoms with E-state index in [1.165, 1.54) is 5.56 Å². The molecule has 1 N–H and O–H groups in total. The minimum absolute atomic E-state index is 0.664. The highest BCUT2D eigenvalue weighted by Crippen LogP contribution is 2.20. The van der Waals surface area contributed by atoms with Crippen LogP contribution in [0.25, 0.3) is 11.3 Å². The topological polar surface area (TPSA) is 37.8 Å². The molecule has 1 heterocycles. The van der Waals surface area contributed by atoms with Crippen LogP contribution in [0.2, 0.25) is 0 Å². The van der Waals surface area contributed by atoms with Gasteiger partial charge < -0.3 is 5.32 Å². The zero-order valence-corrected chi connectivity index (χ0v) is 12.6. The maximum Gasteiger partial charge on any atom is 0.148 e. The predicted molar refractivity (Wildman–Crippen MR) is 84.8 cm³/mol. The Morgan fingerprint density at radius 1 is 1.10 bits per heavy atom. The van der Waals surface area contributed by atoms with Crippen LogP contribution >= 0.6 is 0 Å². The highest BCUT2D eigenvalue weighted by Gasteiger charge is 2.03. The molecule has 20 heavy (non-hydrogen) atoms. The standard InChI is InChI=1S/C17H23N3/c1-4-10-18-17-9-8-16(19-20-17)15-7-5-6-14(12-15)11-13(2)3/h5-9,12-13H,4,10-11H2,1-3H3,(H,18,20). The van der Waals surface area contributed by atoms with E-state index in [2.05, 4.69) is 60.6 Å². The minimum Gasteiger partial charge on any atom is -0.369 e. The van der Waals surface area contributed by atoms with Gasteiger partial charge in [0.1, 0.15) is 5.82 Å². The first-order chi connectivity index (χ1) is 9.69. The molecule has 0 saturated carbocycles. The normalized spacial score (nSPS) is 10.8. The van der Waals surface area contributed by atoms with Gasteiger partial charge in [-0.15, -0.1) is 10.2 Å². The number of nitrogens with zero attached hydrogens (tertiary/aromatic N) is 2. The Labute approximate surface area is 121 Å². The maximum atomic E-state index is 4.31. The van der Waals surface area contributed by atoms with Crippen LogP contribution in [0, 0.1) is 5.92 Å². The lowest BCUT2D eigenvalue weighted by Crippen LogP contribution is -2.03. The van der Waals surface area contributed by atoms with E-state index >= 15 is 0 Å². The molecule has 2 aromatic rings. The van der Waals surface area contributed by atoms with Crippen molar-refractivity contribution < 1.29 is 0 Å². The molecule has 3 nitrogen and oxygen atoms in total. The van der Waals surface area contributed by atoms with Gasteiger partial charge in [0.15, 0.2) is 0 Å². The van der Waals surface area contributed by atoms with E-state index in [1.54, 1.807) is 0 Å². The Morgan fingerprint density at radius 3 is 2.60 bits per heavy atom. The lowest BCUT2D eigenvalue weighted by Gasteiger charge is -2.08. The van der Waals surface area contributed by atoms with E-state index in [0.717, 1.165) is 36.5 Å². The average molecular weight is 269 g/mol. The minimum atomic E-state index is 0.664. The molecular weight excluding hydrogens is 246 g/mol. The monoisotopic (exact) mass is 269 g/mol. The number of aromatic nitrogens is 2. The molecule has 0 radical (unpaired) electrons. The van der Waals surface area contributed by atoms with Crippen molar-refractivity contribution in [3.8, 4) is 11.3 Å². The first-order valence-corrected chi connectivity index (χ1v) is 7.36. The number of nitrogens with one attached hydrogen (secondary N) is 1. The lowest BCUT2D eigenvalue weighted by atomic mass is 10.00. The Morgan fingerprint density at radius 2 is 1.95 bits per heavy atom. The lowest BCUT2D eigenvalue weighted by molar-refractivity contribution is 0.647. The van der Waals surface area contributed by atoms with Crippen molar-refractivity contribution in [3.63, 3.8) is 0 Å². The predicted octanol–water partition coefficient (Wildman–Crippen LogP) is 4.16. The summed E-state index contributed by atoms with van der Waals surface area (Å²) in [5, 5.41) is 11.8. The molecular formula is C17H23N3. The van der Waals surface area contributed by atoms with Gasteiger partial charge in [0.2, 0.25) is 0 Å².